The number of carbonyl (C=O) groups excluding carboxylic acids is 1. The number of urea groups is 1. The lowest BCUT2D eigenvalue weighted by atomic mass is 9.95. The van der Waals surface area contributed by atoms with Crippen LogP contribution in [0.1, 0.15) is 30.1 Å². The van der Waals surface area contributed by atoms with Crippen molar-refractivity contribution in [3.05, 3.63) is 28.8 Å². The second-order valence-electron chi connectivity index (χ2n) is 5.45. The number of piperidine rings is 1. The first-order valence-corrected chi connectivity index (χ1v) is 6.97. The Bertz CT molecular complexity index is 574. The van der Waals surface area contributed by atoms with Crippen molar-refractivity contribution in [3.63, 3.8) is 0 Å². The molecule has 0 aromatic heterocycles. The van der Waals surface area contributed by atoms with Crippen LogP contribution in [-0.4, -0.2) is 45.8 Å². The van der Waals surface area contributed by atoms with Crippen molar-refractivity contribution in [2.75, 3.05) is 18.4 Å². The predicted octanol–water partition coefficient (Wildman–Crippen LogP) is 2.42. The van der Waals surface area contributed by atoms with Crippen molar-refractivity contribution in [1.82, 2.24) is 4.90 Å². The van der Waals surface area contributed by atoms with E-state index >= 15 is 0 Å². The summed E-state index contributed by atoms with van der Waals surface area (Å²) >= 11 is 5.97. The minimum Gasteiger partial charge on any atom is -0.478 e. The highest BCUT2D eigenvalue weighted by atomic mass is 35.5. The Morgan fingerprint density at radius 3 is 2.71 bits per heavy atom. The Hall–Kier alpha value is -1.79. The lowest BCUT2D eigenvalue weighted by Crippen LogP contribution is -2.49. The highest BCUT2D eigenvalue weighted by molar-refractivity contribution is 6.34. The minimum atomic E-state index is -1.08. The molecular formula is C14H17ClN2O4. The number of carboxylic acid groups (broad SMARTS) is 1. The number of nitrogens with zero attached hydrogens (tertiary/aromatic N) is 1. The maximum absolute atomic E-state index is 12.2. The number of hydrogen-bond acceptors (Lipinski definition) is 3. The fraction of sp³-hybridized carbons (Fsp3) is 0.429. The SMILES string of the molecule is CC1(O)CCCN(C(=O)Nc2ccc(C(=O)O)cc2Cl)C1. The topological polar surface area (TPSA) is 89.9 Å². The van der Waals surface area contributed by atoms with Crippen molar-refractivity contribution in [2.45, 2.75) is 25.4 Å². The molecule has 2 amide bonds. The van der Waals surface area contributed by atoms with Crippen LogP contribution in [0.25, 0.3) is 0 Å². The summed E-state index contributed by atoms with van der Waals surface area (Å²) in [7, 11) is 0. The van der Waals surface area contributed by atoms with E-state index in [2.05, 4.69) is 5.32 Å². The number of likely N-dealkylation sites (tertiary alicyclic amines) is 1. The quantitative estimate of drug-likeness (QED) is 0.782. The maximum atomic E-state index is 12.2. The number of aromatic carboxylic acids is 1. The van der Waals surface area contributed by atoms with E-state index < -0.39 is 11.6 Å². The number of aliphatic hydroxyl groups is 1. The van der Waals surface area contributed by atoms with Crippen LogP contribution in [0.5, 0.6) is 0 Å². The number of rotatable bonds is 2. The van der Waals surface area contributed by atoms with Crippen LogP contribution in [0.4, 0.5) is 10.5 Å². The smallest absolute Gasteiger partial charge is 0.335 e. The van der Waals surface area contributed by atoms with Gasteiger partial charge in [-0.15, -0.1) is 0 Å². The molecule has 0 saturated carbocycles. The van der Waals surface area contributed by atoms with Gasteiger partial charge in [-0.05, 0) is 38.0 Å². The summed E-state index contributed by atoms with van der Waals surface area (Å²) in [4.78, 5) is 24.5. The van der Waals surface area contributed by atoms with Gasteiger partial charge in [0.1, 0.15) is 0 Å². The van der Waals surface area contributed by atoms with Crippen molar-refractivity contribution >= 4 is 29.3 Å². The van der Waals surface area contributed by atoms with Crippen LogP contribution in [0.15, 0.2) is 18.2 Å². The molecule has 6 nitrogen and oxygen atoms in total. The Labute approximate surface area is 127 Å². The summed E-state index contributed by atoms with van der Waals surface area (Å²) in [6.45, 7) is 2.51. The van der Waals surface area contributed by atoms with E-state index in [1.54, 1.807) is 6.92 Å². The molecule has 0 radical (unpaired) electrons. The third-order valence-corrected chi connectivity index (χ3v) is 3.73. The molecule has 1 heterocycles. The van der Waals surface area contributed by atoms with Crippen molar-refractivity contribution in [3.8, 4) is 0 Å². The fourth-order valence-electron chi connectivity index (χ4n) is 2.34. The van der Waals surface area contributed by atoms with Gasteiger partial charge in [0, 0.05) is 6.54 Å². The van der Waals surface area contributed by atoms with Gasteiger partial charge >= 0.3 is 12.0 Å². The van der Waals surface area contributed by atoms with E-state index in [0.29, 0.717) is 18.7 Å². The van der Waals surface area contributed by atoms with Crippen LogP contribution in [0, 0.1) is 0 Å². The predicted molar refractivity (Wildman–Crippen MR) is 78.9 cm³/mol. The standard InChI is InChI=1S/C14H17ClN2O4/c1-14(21)5-2-6-17(8-14)13(20)16-11-4-3-9(12(18)19)7-10(11)15/h3-4,7,21H,2,5-6,8H2,1H3,(H,16,20)(H,18,19). The molecule has 21 heavy (non-hydrogen) atoms. The number of benzene rings is 1. The monoisotopic (exact) mass is 312 g/mol. The second-order valence-corrected chi connectivity index (χ2v) is 5.86. The first-order valence-electron chi connectivity index (χ1n) is 6.60. The Morgan fingerprint density at radius 2 is 2.14 bits per heavy atom. The molecule has 114 valence electrons. The van der Waals surface area contributed by atoms with Gasteiger partial charge in [0.2, 0.25) is 0 Å². The lowest BCUT2D eigenvalue weighted by Gasteiger charge is -2.36. The second kappa shape index (κ2) is 5.91. The van der Waals surface area contributed by atoms with Gasteiger partial charge in [-0.2, -0.15) is 0 Å². The molecule has 0 bridgehead atoms. The maximum Gasteiger partial charge on any atom is 0.335 e. The molecule has 0 aliphatic carbocycles. The molecule has 1 fully saturated rings. The van der Waals surface area contributed by atoms with E-state index in [-0.39, 0.29) is 23.2 Å². The Balaban J connectivity index is 2.07. The molecule has 1 unspecified atom stereocenters. The molecule has 0 spiro atoms. The van der Waals surface area contributed by atoms with Crippen LogP contribution in [0.3, 0.4) is 0 Å². The van der Waals surface area contributed by atoms with Crippen LogP contribution in [0.2, 0.25) is 5.02 Å². The Morgan fingerprint density at radius 1 is 1.43 bits per heavy atom. The molecule has 1 aliphatic rings. The normalized spacial score (nSPS) is 22.0. The van der Waals surface area contributed by atoms with Gasteiger partial charge in [0.05, 0.1) is 28.4 Å². The van der Waals surface area contributed by atoms with Gasteiger partial charge in [-0.3, -0.25) is 0 Å². The number of β-amino-alcohol motifs (C(OH)–C–C–N with tert-alkyl or cyclic N) is 1. The van der Waals surface area contributed by atoms with E-state index in [1.165, 1.54) is 23.1 Å². The highest BCUT2D eigenvalue weighted by Gasteiger charge is 2.31. The van der Waals surface area contributed by atoms with Gasteiger partial charge in [0.25, 0.3) is 0 Å². The molecule has 1 aromatic carbocycles. The summed E-state index contributed by atoms with van der Waals surface area (Å²) in [5.41, 5.74) is -0.484. The van der Waals surface area contributed by atoms with Gasteiger partial charge in [-0.25, -0.2) is 9.59 Å². The molecule has 1 aliphatic heterocycles. The zero-order valence-corrected chi connectivity index (χ0v) is 12.4. The summed E-state index contributed by atoms with van der Waals surface area (Å²) < 4.78 is 0. The summed E-state index contributed by atoms with van der Waals surface area (Å²) in [5, 5.41) is 21.7. The zero-order chi connectivity index (χ0) is 15.6. The number of nitrogens with one attached hydrogen (secondary N) is 1. The average molecular weight is 313 g/mol. The molecule has 3 N–H and O–H groups in total. The van der Waals surface area contributed by atoms with Crippen molar-refractivity contribution in [1.29, 1.82) is 0 Å². The fourth-order valence-corrected chi connectivity index (χ4v) is 2.56. The summed E-state index contributed by atoms with van der Waals surface area (Å²) in [6.07, 6.45) is 1.39. The summed E-state index contributed by atoms with van der Waals surface area (Å²) in [5.74, 6) is -1.08. The van der Waals surface area contributed by atoms with Crippen molar-refractivity contribution < 1.29 is 19.8 Å². The third-order valence-electron chi connectivity index (χ3n) is 3.42. The first kappa shape index (κ1) is 15.6. The summed E-state index contributed by atoms with van der Waals surface area (Å²) in [6, 6.07) is 3.74. The number of carbonyl (C=O) groups is 2. The van der Waals surface area contributed by atoms with Gasteiger partial charge in [-0.1, -0.05) is 11.6 Å². The van der Waals surface area contributed by atoms with Gasteiger partial charge in [0.15, 0.2) is 0 Å². The molecule has 1 atom stereocenters. The number of hydrogen-bond donors (Lipinski definition) is 3. The number of halogens is 1. The van der Waals surface area contributed by atoms with Gasteiger partial charge < -0.3 is 20.4 Å². The van der Waals surface area contributed by atoms with E-state index in [0.717, 1.165) is 6.42 Å². The number of anilines is 1. The van der Waals surface area contributed by atoms with E-state index in [4.69, 9.17) is 16.7 Å². The minimum absolute atomic E-state index is 0.0545. The third kappa shape index (κ3) is 3.86. The molecule has 1 saturated heterocycles. The first-order chi connectivity index (χ1) is 9.78. The zero-order valence-electron chi connectivity index (χ0n) is 11.6. The molecule has 1 aromatic rings. The van der Waals surface area contributed by atoms with Crippen LogP contribution >= 0.6 is 11.6 Å². The number of carboxylic acids is 1. The van der Waals surface area contributed by atoms with E-state index in [1.807, 2.05) is 0 Å². The van der Waals surface area contributed by atoms with E-state index in [9.17, 15) is 14.7 Å². The van der Waals surface area contributed by atoms with Crippen LogP contribution in [-0.2, 0) is 0 Å². The molecule has 2 rings (SSSR count). The Kier molecular flexibility index (Phi) is 4.39. The lowest BCUT2D eigenvalue weighted by molar-refractivity contribution is -0.000638. The van der Waals surface area contributed by atoms with Crippen molar-refractivity contribution in [2.24, 2.45) is 0 Å². The van der Waals surface area contributed by atoms with Crippen LogP contribution < -0.4 is 5.32 Å². The average Bonchev–Trinajstić information content (AvgIpc) is 2.39. The molecular weight excluding hydrogens is 296 g/mol. The molecule has 7 heteroatoms. The largest absolute Gasteiger partial charge is 0.478 e. The highest BCUT2D eigenvalue weighted by Crippen LogP contribution is 2.25. The number of amides is 2.